The van der Waals surface area contributed by atoms with E-state index in [9.17, 15) is 5.11 Å². The fourth-order valence-corrected chi connectivity index (χ4v) is 3.44. The maximum Gasteiger partial charge on any atom is 0.220 e. The number of imidazole rings is 1. The van der Waals surface area contributed by atoms with Crippen molar-refractivity contribution in [1.82, 2.24) is 29.5 Å². The molecule has 3 aromatic heterocycles. The summed E-state index contributed by atoms with van der Waals surface area (Å²) in [7, 11) is 0. The van der Waals surface area contributed by atoms with E-state index in [1.54, 1.807) is 6.20 Å². The van der Waals surface area contributed by atoms with Crippen LogP contribution in [0.2, 0.25) is 0 Å². The number of aliphatic hydroxyl groups excluding tert-OH is 1. The van der Waals surface area contributed by atoms with E-state index in [0.717, 1.165) is 11.4 Å². The first kappa shape index (κ1) is 19.2. The van der Waals surface area contributed by atoms with Crippen molar-refractivity contribution in [3.05, 3.63) is 24.3 Å². The van der Waals surface area contributed by atoms with Crippen molar-refractivity contribution in [3.63, 3.8) is 0 Å². The Morgan fingerprint density at radius 3 is 2.66 bits per heavy atom. The van der Waals surface area contributed by atoms with E-state index in [2.05, 4.69) is 21.4 Å². The van der Waals surface area contributed by atoms with Crippen LogP contribution in [0.25, 0.3) is 28.1 Å². The molecular formula is C19H24N8O2. The Morgan fingerprint density at radius 1 is 1.24 bits per heavy atom. The van der Waals surface area contributed by atoms with Gasteiger partial charge in [-0.2, -0.15) is 0 Å². The lowest BCUT2D eigenvalue weighted by molar-refractivity contribution is 0.122. The number of aliphatic hydroxyl groups is 1. The molecule has 0 aliphatic carbocycles. The molecule has 10 heteroatoms. The highest BCUT2D eigenvalue weighted by molar-refractivity contribution is 5.88. The van der Waals surface area contributed by atoms with Gasteiger partial charge >= 0.3 is 0 Å². The van der Waals surface area contributed by atoms with Crippen LogP contribution >= 0.6 is 0 Å². The number of anilines is 2. The molecule has 0 aromatic carbocycles. The number of morpholine rings is 1. The Bertz CT molecular complexity index is 1070. The smallest absolute Gasteiger partial charge is 0.220 e. The van der Waals surface area contributed by atoms with Crippen molar-refractivity contribution in [2.45, 2.75) is 20.4 Å². The van der Waals surface area contributed by atoms with Gasteiger partial charge in [0.25, 0.3) is 0 Å². The topological polar surface area (TPSA) is 128 Å². The highest BCUT2D eigenvalue weighted by Crippen LogP contribution is 2.30. The molecule has 3 aromatic rings. The molecule has 29 heavy (non-hydrogen) atoms. The number of nitrogen functional groups attached to an aromatic ring is 1. The van der Waals surface area contributed by atoms with Crippen molar-refractivity contribution in [2.24, 2.45) is 0 Å². The van der Waals surface area contributed by atoms with Gasteiger partial charge in [0.05, 0.1) is 31.1 Å². The van der Waals surface area contributed by atoms with Crippen LogP contribution in [-0.2, 0) is 11.3 Å². The minimum absolute atomic E-state index is 0.0397. The summed E-state index contributed by atoms with van der Waals surface area (Å²) in [4.78, 5) is 24.9. The largest absolute Gasteiger partial charge is 0.395 e. The number of ether oxygens (including phenoxy) is 1. The summed E-state index contributed by atoms with van der Waals surface area (Å²) in [5.41, 5.74) is 9.20. The summed E-state index contributed by atoms with van der Waals surface area (Å²) in [5.74, 6) is 2.10. The first-order valence-corrected chi connectivity index (χ1v) is 9.46. The summed E-state index contributed by atoms with van der Waals surface area (Å²) in [6.45, 7) is 10.7. The number of nitrogens with zero attached hydrogens (tertiary/aromatic N) is 7. The van der Waals surface area contributed by atoms with Crippen LogP contribution in [0.3, 0.4) is 0 Å². The molecule has 0 bridgehead atoms. The number of nitrogens with two attached hydrogens (primary N) is 1. The van der Waals surface area contributed by atoms with Crippen molar-refractivity contribution < 1.29 is 9.84 Å². The number of aryl methyl sites for hydroxylation is 1. The Labute approximate surface area is 168 Å². The number of rotatable bonds is 5. The van der Waals surface area contributed by atoms with Crippen LogP contribution in [0.15, 0.2) is 12.8 Å². The zero-order valence-electron chi connectivity index (χ0n) is 16.6. The summed E-state index contributed by atoms with van der Waals surface area (Å²) in [5, 5.41) is 9.60. The minimum Gasteiger partial charge on any atom is -0.395 e. The van der Waals surface area contributed by atoms with E-state index in [1.165, 1.54) is 0 Å². The van der Waals surface area contributed by atoms with E-state index >= 15 is 0 Å². The molecule has 0 atom stereocenters. The SMILES string of the molecule is C=C(C)c1nc2c(N3CCOCC3)nc(-c3cnc(N)nc3C)nc2n1CCO. The lowest BCUT2D eigenvalue weighted by Crippen LogP contribution is -2.37. The zero-order chi connectivity index (χ0) is 20.5. The van der Waals surface area contributed by atoms with Crippen molar-refractivity contribution >= 4 is 28.5 Å². The lowest BCUT2D eigenvalue weighted by Gasteiger charge is -2.28. The van der Waals surface area contributed by atoms with Gasteiger partial charge in [0.1, 0.15) is 5.82 Å². The molecule has 152 valence electrons. The molecule has 3 N–H and O–H groups in total. The van der Waals surface area contributed by atoms with Crippen LogP contribution in [0.5, 0.6) is 0 Å². The standard InChI is InChI=1S/C19H24N8O2/c1-11(2)16-23-14-17(26-5-8-29-9-6-26)24-15(25-18(14)27(16)4-7-28)13-10-21-19(20)22-12(13)3/h10,28H,1,4-9H2,2-3H3,(H2,20,21,22). The molecule has 1 aliphatic rings. The highest BCUT2D eigenvalue weighted by Gasteiger charge is 2.24. The van der Waals surface area contributed by atoms with Gasteiger partial charge in [-0.25, -0.2) is 24.9 Å². The molecule has 0 saturated carbocycles. The van der Waals surface area contributed by atoms with Crippen LogP contribution in [0.4, 0.5) is 11.8 Å². The third-order valence-corrected chi connectivity index (χ3v) is 4.83. The summed E-state index contributed by atoms with van der Waals surface area (Å²) in [6.07, 6.45) is 1.63. The molecule has 0 radical (unpaired) electrons. The molecule has 4 rings (SSSR count). The average Bonchev–Trinajstić information content (AvgIpc) is 3.07. The second-order valence-electron chi connectivity index (χ2n) is 6.96. The predicted octanol–water partition coefficient (Wildman–Crippen LogP) is 1.04. The average molecular weight is 396 g/mol. The van der Waals surface area contributed by atoms with Crippen LogP contribution in [-0.4, -0.2) is 67.5 Å². The Balaban J connectivity index is 1.99. The number of allylic oxidation sites excluding steroid dienone is 1. The van der Waals surface area contributed by atoms with Crippen molar-refractivity contribution in [1.29, 1.82) is 0 Å². The Hall–Kier alpha value is -3.11. The predicted molar refractivity (Wildman–Crippen MR) is 110 cm³/mol. The third-order valence-electron chi connectivity index (χ3n) is 4.83. The van der Waals surface area contributed by atoms with Gasteiger partial charge in [0.15, 0.2) is 22.8 Å². The molecule has 4 heterocycles. The molecular weight excluding hydrogens is 372 g/mol. The van der Waals surface area contributed by atoms with E-state index in [-0.39, 0.29) is 12.6 Å². The van der Waals surface area contributed by atoms with Gasteiger partial charge in [-0.15, -0.1) is 0 Å². The quantitative estimate of drug-likeness (QED) is 0.650. The van der Waals surface area contributed by atoms with Gasteiger partial charge < -0.3 is 25.0 Å². The second-order valence-corrected chi connectivity index (χ2v) is 6.96. The zero-order valence-corrected chi connectivity index (χ0v) is 16.6. The summed E-state index contributed by atoms with van der Waals surface area (Å²) < 4.78 is 7.37. The summed E-state index contributed by atoms with van der Waals surface area (Å²) >= 11 is 0. The molecule has 1 fully saturated rings. The third kappa shape index (κ3) is 3.52. The summed E-state index contributed by atoms with van der Waals surface area (Å²) in [6, 6.07) is 0. The van der Waals surface area contributed by atoms with E-state index in [4.69, 9.17) is 25.4 Å². The molecule has 1 saturated heterocycles. The van der Waals surface area contributed by atoms with Crippen LogP contribution in [0.1, 0.15) is 18.4 Å². The normalized spacial score (nSPS) is 14.5. The Kier molecular flexibility index (Phi) is 5.12. The number of fused-ring (bicyclic) bond motifs is 1. The molecule has 1 aliphatic heterocycles. The van der Waals surface area contributed by atoms with Crippen LogP contribution < -0.4 is 10.6 Å². The Morgan fingerprint density at radius 2 is 2.00 bits per heavy atom. The minimum atomic E-state index is -0.0397. The number of hydrogen-bond donors (Lipinski definition) is 2. The molecule has 10 nitrogen and oxygen atoms in total. The van der Waals surface area contributed by atoms with Crippen LogP contribution in [0, 0.1) is 6.92 Å². The lowest BCUT2D eigenvalue weighted by atomic mass is 10.2. The first-order chi connectivity index (χ1) is 14.0. The molecule has 0 amide bonds. The van der Waals surface area contributed by atoms with Gasteiger partial charge in [-0.3, -0.25) is 0 Å². The maximum atomic E-state index is 9.60. The fraction of sp³-hybridized carbons (Fsp3) is 0.421. The monoisotopic (exact) mass is 396 g/mol. The van der Waals surface area contributed by atoms with Crippen molar-refractivity contribution in [2.75, 3.05) is 43.5 Å². The van der Waals surface area contributed by atoms with Gasteiger partial charge in [-0.05, 0) is 19.4 Å². The van der Waals surface area contributed by atoms with Crippen molar-refractivity contribution in [3.8, 4) is 11.4 Å². The van der Waals surface area contributed by atoms with Gasteiger partial charge in [0.2, 0.25) is 5.95 Å². The molecule has 0 unspecified atom stereocenters. The van der Waals surface area contributed by atoms with E-state index in [0.29, 0.717) is 66.9 Å². The number of aromatic nitrogens is 6. The fourth-order valence-electron chi connectivity index (χ4n) is 3.44. The molecule has 0 spiro atoms. The number of hydrogen-bond acceptors (Lipinski definition) is 9. The van der Waals surface area contributed by atoms with E-state index < -0.39 is 0 Å². The highest BCUT2D eigenvalue weighted by atomic mass is 16.5. The van der Waals surface area contributed by atoms with Gasteiger partial charge in [-0.1, -0.05) is 6.58 Å². The van der Waals surface area contributed by atoms with E-state index in [1.807, 2.05) is 18.4 Å². The first-order valence-electron chi connectivity index (χ1n) is 9.46. The second kappa shape index (κ2) is 7.72. The maximum absolute atomic E-state index is 9.60. The van der Waals surface area contributed by atoms with Gasteiger partial charge in [0, 0.05) is 25.8 Å².